The Bertz CT molecular complexity index is 1300. The number of halogens is 3. The molecule has 0 saturated carbocycles. The number of fused-ring (bicyclic) bond motifs is 1. The van der Waals surface area contributed by atoms with E-state index in [9.17, 15) is 14.0 Å². The first-order valence-electron chi connectivity index (χ1n) is 13.0. The molecule has 0 unspecified atom stereocenters. The molecule has 1 saturated heterocycles. The number of ether oxygens (including phenoxy) is 1. The van der Waals surface area contributed by atoms with E-state index < -0.39 is 11.7 Å². The zero-order valence-corrected chi connectivity index (χ0v) is 22.6. The maximum absolute atomic E-state index is 14.5. The molecular weight excluding hydrogens is 528 g/mol. The Morgan fingerprint density at radius 1 is 1.03 bits per heavy atom. The Hall–Kier alpha value is -2.71. The van der Waals surface area contributed by atoms with Crippen LogP contribution in [0.5, 0.6) is 0 Å². The van der Waals surface area contributed by atoms with E-state index in [1.807, 2.05) is 18.2 Å². The molecule has 2 amide bonds. The minimum atomic E-state index is -0.554. The van der Waals surface area contributed by atoms with E-state index in [4.69, 9.17) is 27.9 Å². The predicted octanol–water partition coefficient (Wildman–Crippen LogP) is 5.49. The fourth-order valence-corrected chi connectivity index (χ4v) is 5.66. The largest absolute Gasteiger partial charge is 0.379 e. The zero-order chi connectivity index (χ0) is 26.6. The fourth-order valence-electron chi connectivity index (χ4n) is 5.15. The third-order valence-corrected chi connectivity index (χ3v) is 7.92. The molecule has 2 aromatic rings. The Morgan fingerprint density at radius 2 is 1.84 bits per heavy atom. The van der Waals surface area contributed by atoms with E-state index in [-0.39, 0.29) is 16.5 Å². The molecule has 200 valence electrons. The molecule has 2 aliphatic heterocycles. The first kappa shape index (κ1) is 26.9. The van der Waals surface area contributed by atoms with E-state index in [2.05, 4.69) is 10.2 Å². The number of rotatable bonds is 6. The van der Waals surface area contributed by atoms with Gasteiger partial charge in [-0.2, -0.15) is 0 Å². The van der Waals surface area contributed by atoms with Gasteiger partial charge in [0.2, 0.25) is 0 Å². The number of hydrogen-bond acceptors (Lipinski definition) is 4. The highest BCUT2D eigenvalue weighted by atomic mass is 35.5. The number of allylic oxidation sites excluding steroid dienone is 2. The van der Waals surface area contributed by atoms with Crippen molar-refractivity contribution in [3.05, 3.63) is 75.1 Å². The molecule has 1 N–H and O–H groups in total. The standard InChI is InChI=1S/C29H30Cl2FN3O3/c30-23-8-6-21(28(36)33-10-12-34-13-15-38-16-14-34)18-22(23)19-7-9-26-20(17-19)3-2-11-35(26)29(37)27-24(31)4-1-5-25(27)32/h5-9,17-18H,1-4,10-16H2,(H,33,36). The molecule has 0 bridgehead atoms. The molecular formula is C29H30Cl2FN3O3. The quantitative estimate of drug-likeness (QED) is 0.510. The van der Waals surface area contributed by atoms with Crippen LogP contribution in [0.25, 0.3) is 11.1 Å². The van der Waals surface area contributed by atoms with Gasteiger partial charge in [-0.1, -0.05) is 29.3 Å². The maximum atomic E-state index is 14.5. The summed E-state index contributed by atoms with van der Waals surface area (Å²) in [5.74, 6) is -1.12. The number of hydrogen-bond donors (Lipinski definition) is 1. The van der Waals surface area contributed by atoms with Crippen LogP contribution in [-0.2, 0) is 16.0 Å². The topological polar surface area (TPSA) is 61.9 Å². The van der Waals surface area contributed by atoms with Gasteiger partial charge in [0.1, 0.15) is 5.83 Å². The first-order valence-corrected chi connectivity index (χ1v) is 13.8. The Kier molecular flexibility index (Phi) is 8.48. The van der Waals surface area contributed by atoms with Crippen LogP contribution in [0, 0.1) is 0 Å². The van der Waals surface area contributed by atoms with E-state index in [1.165, 1.54) is 6.08 Å². The van der Waals surface area contributed by atoms with Gasteiger partial charge in [0.15, 0.2) is 0 Å². The first-order chi connectivity index (χ1) is 18.4. The molecule has 9 heteroatoms. The molecule has 1 fully saturated rings. The summed E-state index contributed by atoms with van der Waals surface area (Å²) < 4.78 is 19.9. The van der Waals surface area contributed by atoms with Crippen molar-refractivity contribution >= 4 is 40.7 Å². The molecule has 2 aromatic carbocycles. The summed E-state index contributed by atoms with van der Waals surface area (Å²) in [6, 6.07) is 11.0. The molecule has 5 rings (SSSR count). The summed E-state index contributed by atoms with van der Waals surface area (Å²) in [7, 11) is 0. The van der Waals surface area contributed by atoms with E-state index in [0.717, 1.165) is 68.1 Å². The number of carbonyl (C=O) groups excluding carboxylic acids is 2. The second-order valence-electron chi connectivity index (χ2n) is 9.68. The van der Waals surface area contributed by atoms with Gasteiger partial charge in [0.25, 0.3) is 11.8 Å². The lowest BCUT2D eigenvalue weighted by atomic mass is 9.94. The normalized spacial score (nSPS) is 18.2. The van der Waals surface area contributed by atoms with Crippen LogP contribution in [0.15, 0.2) is 58.9 Å². The minimum absolute atomic E-state index is 0.0368. The summed E-state index contributed by atoms with van der Waals surface area (Å²) in [6.45, 7) is 5.01. The highest BCUT2D eigenvalue weighted by Crippen LogP contribution is 2.37. The van der Waals surface area contributed by atoms with Gasteiger partial charge in [-0.05, 0) is 73.2 Å². The summed E-state index contributed by atoms with van der Waals surface area (Å²) in [5, 5.41) is 3.79. The van der Waals surface area contributed by atoms with Crippen molar-refractivity contribution in [2.45, 2.75) is 25.7 Å². The monoisotopic (exact) mass is 557 g/mol. The van der Waals surface area contributed by atoms with Crippen molar-refractivity contribution < 1.29 is 18.7 Å². The van der Waals surface area contributed by atoms with Gasteiger partial charge >= 0.3 is 0 Å². The summed E-state index contributed by atoms with van der Waals surface area (Å²) in [5.41, 5.74) is 3.80. The van der Waals surface area contributed by atoms with Crippen LogP contribution >= 0.6 is 23.2 Å². The molecule has 38 heavy (non-hydrogen) atoms. The third-order valence-electron chi connectivity index (χ3n) is 7.21. The Balaban J connectivity index is 1.33. The Labute approximate surface area is 232 Å². The molecule has 3 aliphatic rings. The highest BCUT2D eigenvalue weighted by Gasteiger charge is 2.30. The lowest BCUT2D eigenvalue weighted by molar-refractivity contribution is -0.115. The third kappa shape index (κ3) is 5.81. The van der Waals surface area contributed by atoms with Crippen LogP contribution in [0.3, 0.4) is 0 Å². The van der Waals surface area contributed by atoms with Gasteiger partial charge in [-0.25, -0.2) is 4.39 Å². The zero-order valence-electron chi connectivity index (χ0n) is 21.1. The number of aryl methyl sites for hydroxylation is 1. The van der Waals surface area contributed by atoms with Crippen molar-refractivity contribution in [3.8, 4) is 11.1 Å². The van der Waals surface area contributed by atoms with Gasteiger partial charge in [0, 0.05) is 59.6 Å². The molecule has 1 aliphatic carbocycles. The summed E-state index contributed by atoms with van der Waals surface area (Å²) in [6.07, 6.45) is 3.90. The molecule has 0 spiro atoms. The van der Waals surface area contributed by atoms with Crippen molar-refractivity contribution in [2.75, 3.05) is 50.8 Å². The molecule has 0 aromatic heterocycles. The van der Waals surface area contributed by atoms with E-state index in [0.29, 0.717) is 36.5 Å². The SMILES string of the molecule is O=C(NCCN1CCOCC1)c1ccc(Cl)c(-c2ccc3c(c2)CCCN3C(=O)C2=C(Cl)CCC=C2F)c1. The number of amides is 2. The van der Waals surface area contributed by atoms with Crippen molar-refractivity contribution in [3.63, 3.8) is 0 Å². The fraction of sp³-hybridized carbons (Fsp3) is 0.379. The maximum Gasteiger partial charge on any atom is 0.262 e. The summed E-state index contributed by atoms with van der Waals surface area (Å²) in [4.78, 5) is 30.0. The second kappa shape index (κ2) is 12.0. The van der Waals surface area contributed by atoms with Crippen LogP contribution < -0.4 is 10.2 Å². The minimum Gasteiger partial charge on any atom is -0.379 e. The lowest BCUT2D eigenvalue weighted by Gasteiger charge is -2.31. The predicted molar refractivity (Wildman–Crippen MR) is 148 cm³/mol. The van der Waals surface area contributed by atoms with Gasteiger partial charge in [-0.15, -0.1) is 0 Å². The smallest absolute Gasteiger partial charge is 0.262 e. The molecule has 0 atom stereocenters. The average molecular weight is 558 g/mol. The highest BCUT2D eigenvalue weighted by molar-refractivity contribution is 6.34. The van der Waals surface area contributed by atoms with Crippen molar-refractivity contribution in [1.82, 2.24) is 10.2 Å². The van der Waals surface area contributed by atoms with E-state index >= 15 is 0 Å². The van der Waals surface area contributed by atoms with Crippen LogP contribution in [0.4, 0.5) is 10.1 Å². The number of carbonyl (C=O) groups is 2. The number of benzene rings is 2. The number of nitrogens with one attached hydrogen (secondary N) is 1. The van der Waals surface area contributed by atoms with E-state index in [1.54, 1.807) is 23.1 Å². The lowest BCUT2D eigenvalue weighted by Crippen LogP contribution is -2.41. The summed E-state index contributed by atoms with van der Waals surface area (Å²) >= 11 is 12.8. The van der Waals surface area contributed by atoms with Crippen molar-refractivity contribution in [1.29, 1.82) is 0 Å². The number of morpholine rings is 1. The average Bonchev–Trinajstić information content (AvgIpc) is 2.93. The van der Waals surface area contributed by atoms with Gasteiger partial charge in [0.05, 0.1) is 18.8 Å². The van der Waals surface area contributed by atoms with Crippen LogP contribution in [0.2, 0.25) is 5.02 Å². The van der Waals surface area contributed by atoms with Crippen LogP contribution in [-0.4, -0.2) is 62.7 Å². The van der Waals surface area contributed by atoms with Gasteiger partial charge < -0.3 is 15.0 Å². The number of anilines is 1. The molecule has 6 nitrogen and oxygen atoms in total. The van der Waals surface area contributed by atoms with Crippen LogP contribution in [0.1, 0.15) is 35.2 Å². The van der Waals surface area contributed by atoms with Crippen molar-refractivity contribution in [2.24, 2.45) is 0 Å². The molecule has 2 heterocycles. The second-order valence-corrected chi connectivity index (χ2v) is 10.5. The molecule has 0 radical (unpaired) electrons. The van der Waals surface area contributed by atoms with Gasteiger partial charge in [-0.3, -0.25) is 14.5 Å². The number of nitrogens with zero attached hydrogens (tertiary/aromatic N) is 2. The Morgan fingerprint density at radius 3 is 2.63 bits per heavy atom.